The molecule has 6 nitrogen and oxygen atoms in total. The van der Waals surface area contributed by atoms with Gasteiger partial charge in [-0.3, -0.25) is 9.59 Å². The fraction of sp³-hybridized carbons (Fsp3) is 0.464. The molecule has 1 amide bonds. The summed E-state index contributed by atoms with van der Waals surface area (Å²) in [6.45, 7) is 11.6. The van der Waals surface area contributed by atoms with Crippen molar-refractivity contribution >= 4 is 17.8 Å². The quantitative estimate of drug-likeness (QED) is 0.454. The molecule has 3 rings (SSSR count). The van der Waals surface area contributed by atoms with E-state index in [1.165, 1.54) is 4.90 Å². The number of nitrogens with zero attached hydrogens (tertiary/aromatic N) is 1. The average molecular weight is 466 g/mol. The number of rotatable bonds is 6. The molecule has 0 aromatic heterocycles. The summed E-state index contributed by atoms with van der Waals surface area (Å²) in [6, 6.07) is 17.8. The Morgan fingerprint density at radius 1 is 0.765 bits per heavy atom. The number of esters is 2. The Kier molecular flexibility index (Phi) is 7.49. The van der Waals surface area contributed by atoms with Crippen molar-refractivity contribution in [3.8, 4) is 0 Å². The van der Waals surface area contributed by atoms with Crippen molar-refractivity contribution in [1.82, 2.24) is 4.90 Å². The summed E-state index contributed by atoms with van der Waals surface area (Å²) in [6.07, 6.45) is 0. The maximum atomic E-state index is 13.7. The van der Waals surface area contributed by atoms with Crippen LogP contribution in [0.5, 0.6) is 0 Å². The van der Waals surface area contributed by atoms with Crippen LogP contribution in [0.4, 0.5) is 0 Å². The molecule has 1 fully saturated rings. The van der Waals surface area contributed by atoms with Crippen LogP contribution in [0.25, 0.3) is 0 Å². The number of carbonyl (C=O) groups excluding carboxylic acids is 3. The lowest BCUT2D eigenvalue weighted by Crippen LogP contribution is -2.53. The molecule has 2 aromatic rings. The van der Waals surface area contributed by atoms with Gasteiger partial charge in [-0.05, 0) is 37.3 Å². The Hall–Kier alpha value is -3.15. The van der Waals surface area contributed by atoms with E-state index in [0.29, 0.717) is 0 Å². The van der Waals surface area contributed by atoms with E-state index in [1.54, 1.807) is 0 Å². The van der Waals surface area contributed by atoms with Gasteiger partial charge < -0.3 is 14.4 Å². The monoisotopic (exact) mass is 465 g/mol. The lowest BCUT2D eigenvalue weighted by molar-refractivity contribution is -0.159. The van der Waals surface area contributed by atoms with Gasteiger partial charge in [0.05, 0.1) is 0 Å². The molecule has 0 radical (unpaired) electrons. The molecule has 1 aliphatic rings. The second-order valence-electron chi connectivity index (χ2n) is 10.9. The van der Waals surface area contributed by atoms with E-state index in [4.69, 9.17) is 9.47 Å². The van der Waals surface area contributed by atoms with Gasteiger partial charge in [-0.25, -0.2) is 4.79 Å². The molecule has 1 aliphatic heterocycles. The summed E-state index contributed by atoms with van der Waals surface area (Å²) in [4.78, 5) is 41.9. The third-order valence-electron chi connectivity index (χ3n) is 6.15. The summed E-state index contributed by atoms with van der Waals surface area (Å²) in [5.74, 6) is -3.21. The second-order valence-corrected chi connectivity index (χ2v) is 10.9. The van der Waals surface area contributed by atoms with Gasteiger partial charge in [0.25, 0.3) is 0 Å². The molecular weight excluding hydrogens is 430 g/mol. The van der Waals surface area contributed by atoms with E-state index in [-0.39, 0.29) is 13.2 Å². The number of likely N-dealkylation sites (tertiary alicyclic amines) is 1. The lowest BCUT2D eigenvalue weighted by atomic mass is 9.71. The minimum atomic E-state index is -1.09. The van der Waals surface area contributed by atoms with E-state index >= 15 is 0 Å². The highest BCUT2D eigenvalue weighted by molar-refractivity contribution is 6.03. The molecule has 0 spiro atoms. The van der Waals surface area contributed by atoms with Gasteiger partial charge in [-0.15, -0.1) is 0 Å². The van der Waals surface area contributed by atoms with Gasteiger partial charge in [0.1, 0.15) is 25.2 Å². The van der Waals surface area contributed by atoms with Crippen molar-refractivity contribution in [2.45, 2.75) is 66.3 Å². The zero-order valence-corrected chi connectivity index (χ0v) is 20.9. The summed E-state index contributed by atoms with van der Waals surface area (Å²) >= 11 is 0. The number of carbonyl (C=O) groups is 3. The molecule has 1 saturated heterocycles. The van der Waals surface area contributed by atoms with E-state index in [1.807, 2.05) is 102 Å². The molecular formula is C28H35NO5. The van der Waals surface area contributed by atoms with Gasteiger partial charge in [0, 0.05) is 11.5 Å². The van der Waals surface area contributed by atoms with Crippen LogP contribution >= 0.6 is 0 Å². The number of benzene rings is 2. The molecule has 2 aromatic carbocycles. The largest absolute Gasteiger partial charge is 0.460 e. The standard InChI is InChI=1S/C28H35NO5/c1-27(2,3)22-21(25(31)33-17-19-13-9-7-10-14-19)24(30)29(28(4,5)6)23(22)26(32)34-18-20-15-11-8-12-16-20/h7-16,21-23H,17-18H2,1-6H3. The number of ether oxygens (including phenoxy) is 2. The normalized spacial score (nSPS) is 20.8. The zero-order valence-electron chi connectivity index (χ0n) is 20.9. The minimum Gasteiger partial charge on any atom is -0.460 e. The third-order valence-corrected chi connectivity index (χ3v) is 6.15. The zero-order chi connectivity index (χ0) is 25.1. The third kappa shape index (κ3) is 5.66. The highest BCUT2D eigenvalue weighted by atomic mass is 16.5. The van der Waals surface area contributed by atoms with E-state index in [9.17, 15) is 14.4 Å². The lowest BCUT2D eigenvalue weighted by Gasteiger charge is -2.39. The van der Waals surface area contributed by atoms with Gasteiger partial charge in [0.2, 0.25) is 5.91 Å². The first-order chi connectivity index (χ1) is 15.9. The van der Waals surface area contributed by atoms with Crippen molar-refractivity contribution in [2.75, 3.05) is 0 Å². The number of hydrogen-bond acceptors (Lipinski definition) is 5. The molecule has 0 bridgehead atoms. The molecule has 0 aliphatic carbocycles. The van der Waals surface area contributed by atoms with Gasteiger partial charge >= 0.3 is 11.9 Å². The van der Waals surface area contributed by atoms with Crippen LogP contribution in [0.1, 0.15) is 52.7 Å². The van der Waals surface area contributed by atoms with Crippen LogP contribution in [0, 0.1) is 17.3 Å². The van der Waals surface area contributed by atoms with Crippen LogP contribution in [-0.2, 0) is 37.1 Å². The Bertz CT molecular complexity index is 1000. The van der Waals surface area contributed by atoms with E-state index in [0.717, 1.165) is 11.1 Å². The summed E-state index contributed by atoms with van der Waals surface area (Å²) in [5.41, 5.74) is 0.460. The molecule has 0 N–H and O–H groups in total. The Morgan fingerprint density at radius 2 is 1.21 bits per heavy atom. The van der Waals surface area contributed by atoms with Crippen LogP contribution < -0.4 is 0 Å². The predicted molar refractivity (Wildman–Crippen MR) is 129 cm³/mol. The summed E-state index contributed by atoms with van der Waals surface area (Å²) < 4.78 is 11.3. The van der Waals surface area contributed by atoms with E-state index < -0.39 is 46.7 Å². The fourth-order valence-electron chi connectivity index (χ4n) is 4.64. The molecule has 3 unspecified atom stereocenters. The van der Waals surface area contributed by atoms with Crippen LogP contribution in [0.3, 0.4) is 0 Å². The second kappa shape index (κ2) is 10.00. The molecule has 6 heteroatoms. The van der Waals surface area contributed by atoms with E-state index in [2.05, 4.69) is 0 Å². The SMILES string of the molecule is CC(C)(C)C1C(C(=O)OCc2ccccc2)C(=O)N(C(C)(C)C)C1C(=O)OCc1ccccc1. The molecule has 3 atom stereocenters. The van der Waals surface area contributed by atoms with Crippen LogP contribution in [0.15, 0.2) is 60.7 Å². The maximum absolute atomic E-state index is 13.7. The molecule has 0 saturated carbocycles. The minimum absolute atomic E-state index is 0.0684. The molecule has 1 heterocycles. The maximum Gasteiger partial charge on any atom is 0.329 e. The smallest absolute Gasteiger partial charge is 0.329 e. The Morgan fingerprint density at radius 3 is 1.62 bits per heavy atom. The highest BCUT2D eigenvalue weighted by Crippen LogP contribution is 2.46. The fourth-order valence-corrected chi connectivity index (χ4v) is 4.64. The van der Waals surface area contributed by atoms with Crippen molar-refractivity contribution in [3.63, 3.8) is 0 Å². The average Bonchev–Trinajstić information content (AvgIpc) is 3.11. The number of hydrogen-bond donors (Lipinski definition) is 0. The van der Waals surface area contributed by atoms with Crippen LogP contribution in [0.2, 0.25) is 0 Å². The van der Waals surface area contributed by atoms with Crippen molar-refractivity contribution in [3.05, 3.63) is 71.8 Å². The Labute approximate surface area is 202 Å². The summed E-state index contributed by atoms with van der Waals surface area (Å²) in [7, 11) is 0. The predicted octanol–water partition coefficient (Wildman–Crippen LogP) is 4.76. The van der Waals surface area contributed by atoms with Gasteiger partial charge in [0.15, 0.2) is 0 Å². The van der Waals surface area contributed by atoms with Crippen molar-refractivity contribution < 1.29 is 23.9 Å². The highest BCUT2D eigenvalue weighted by Gasteiger charge is 2.61. The first kappa shape index (κ1) is 25.5. The van der Waals surface area contributed by atoms with Crippen molar-refractivity contribution in [2.24, 2.45) is 17.3 Å². The number of amides is 1. The van der Waals surface area contributed by atoms with Gasteiger partial charge in [-0.2, -0.15) is 0 Å². The topological polar surface area (TPSA) is 72.9 Å². The van der Waals surface area contributed by atoms with Crippen LogP contribution in [-0.4, -0.2) is 34.3 Å². The first-order valence-corrected chi connectivity index (χ1v) is 11.7. The molecule has 34 heavy (non-hydrogen) atoms. The molecule has 182 valence electrons. The first-order valence-electron chi connectivity index (χ1n) is 11.7. The van der Waals surface area contributed by atoms with Gasteiger partial charge in [-0.1, -0.05) is 81.4 Å². The Balaban J connectivity index is 1.90. The summed E-state index contributed by atoms with van der Waals surface area (Å²) in [5, 5.41) is 0. The van der Waals surface area contributed by atoms with Crippen molar-refractivity contribution in [1.29, 1.82) is 0 Å².